The third-order valence-corrected chi connectivity index (χ3v) is 2.86. The summed E-state index contributed by atoms with van der Waals surface area (Å²) < 4.78 is 13.4. The second-order valence-electron chi connectivity index (χ2n) is 4.37. The largest absolute Gasteiger partial charge is 0.489 e. The Balaban J connectivity index is 0.00000220. The van der Waals surface area contributed by atoms with E-state index in [9.17, 15) is 5.11 Å². The third kappa shape index (κ3) is 4.85. The van der Waals surface area contributed by atoms with Crippen LogP contribution in [0.3, 0.4) is 0 Å². The van der Waals surface area contributed by atoms with E-state index >= 15 is 0 Å². The van der Waals surface area contributed by atoms with Gasteiger partial charge in [-0.1, -0.05) is 42.4 Å². The van der Waals surface area contributed by atoms with Crippen LogP contribution in [0.25, 0.3) is 0 Å². The van der Waals surface area contributed by atoms with Gasteiger partial charge in [-0.25, -0.2) is 0 Å². The van der Waals surface area contributed by atoms with Gasteiger partial charge in [-0.2, -0.15) is 0 Å². The van der Waals surface area contributed by atoms with Gasteiger partial charge in [0.1, 0.15) is 12.4 Å². The number of rotatable bonds is 6. The monoisotopic (exact) mass is 294 g/mol. The first kappa shape index (κ1) is 14.9. The van der Waals surface area contributed by atoms with E-state index in [1.54, 1.807) is 18.2 Å². The molecule has 20 heavy (non-hydrogen) atoms. The van der Waals surface area contributed by atoms with E-state index < -0.39 is 6.10 Å². The summed E-state index contributed by atoms with van der Waals surface area (Å²) in [4.78, 5) is 0. The van der Waals surface area contributed by atoms with E-state index in [0.29, 0.717) is 36.9 Å². The molecule has 0 heterocycles. The van der Waals surface area contributed by atoms with E-state index in [0.717, 1.165) is 5.56 Å². The van der Waals surface area contributed by atoms with Crippen molar-refractivity contribution < 1.29 is 11.2 Å². The van der Waals surface area contributed by atoms with E-state index in [4.69, 9.17) is 11.8 Å². The number of ether oxygens (including phenoxy) is 1. The van der Waals surface area contributed by atoms with Crippen LogP contribution in [0.4, 0.5) is 0 Å². The summed E-state index contributed by atoms with van der Waals surface area (Å²) in [6, 6.07) is 15.2. The molecule has 3 N–H and O–H groups in total. The molecule has 0 aliphatic carbocycles. The first-order valence-electron chi connectivity index (χ1n) is 6.85. The standard InChI is InChI=1S/C16H19NO2.ClH/c17-10-9-16(18)14-7-4-8-15(11-14)19-12-13-5-2-1-3-6-13;/h1-8,11,16,18H,9-10,12,17H2;1H/i4D;. The lowest BCUT2D eigenvalue weighted by Gasteiger charge is -2.12. The van der Waals surface area contributed by atoms with Gasteiger partial charge in [0.25, 0.3) is 0 Å². The van der Waals surface area contributed by atoms with Crippen molar-refractivity contribution in [2.24, 2.45) is 5.73 Å². The van der Waals surface area contributed by atoms with E-state index in [2.05, 4.69) is 0 Å². The Bertz CT molecular complexity index is 551. The third-order valence-electron chi connectivity index (χ3n) is 2.86. The number of nitrogens with two attached hydrogens (primary N) is 1. The molecule has 1 atom stereocenters. The molecular formula is C16H20ClNO2. The second kappa shape index (κ2) is 8.59. The maximum absolute atomic E-state index is 9.94. The molecule has 0 spiro atoms. The Hall–Kier alpha value is -1.55. The van der Waals surface area contributed by atoms with Gasteiger partial charge in [0.15, 0.2) is 0 Å². The molecule has 4 heteroatoms. The Morgan fingerprint density at radius 2 is 1.95 bits per heavy atom. The van der Waals surface area contributed by atoms with Crippen LogP contribution in [-0.2, 0) is 6.61 Å². The van der Waals surface area contributed by atoms with Crippen molar-refractivity contribution in [3.05, 3.63) is 65.7 Å². The Labute approximate surface area is 127 Å². The topological polar surface area (TPSA) is 55.5 Å². The Morgan fingerprint density at radius 1 is 1.20 bits per heavy atom. The predicted octanol–water partition coefficient (Wildman–Crippen LogP) is 3.07. The van der Waals surface area contributed by atoms with Crippen LogP contribution in [0.2, 0.25) is 0 Å². The van der Waals surface area contributed by atoms with Crippen LogP contribution in [0.15, 0.2) is 54.6 Å². The molecule has 2 aromatic carbocycles. The molecular weight excluding hydrogens is 274 g/mol. The Kier molecular flexibility index (Phi) is 6.38. The lowest BCUT2D eigenvalue weighted by atomic mass is 10.1. The number of hydrogen-bond acceptors (Lipinski definition) is 3. The van der Waals surface area contributed by atoms with Crippen molar-refractivity contribution in [3.8, 4) is 5.75 Å². The van der Waals surface area contributed by atoms with Crippen molar-refractivity contribution in [2.45, 2.75) is 19.1 Å². The molecule has 2 aromatic rings. The average Bonchev–Trinajstić information content (AvgIpc) is 2.46. The summed E-state index contributed by atoms with van der Waals surface area (Å²) in [5.41, 5.74) is 7.17. The van der Waals surface area contributed by atoms with Gasteiger partial charge in [0.05, 0.1) is 7.47 Å². The molecule has 0 bridgehead atoms. The van der Waals surface area contributed by atoms with Crippen molar-refractivity contribution in [1.29, 1.82) is 0 Å². The molecule has 0 amide bonds. The summed E-state index contributed by atoms with van der Waals surface area (Å²) in [6.45, 7) is 0.848. The van der Waals surface area contributed by atoms with Crippen molar-refractivity contribution >= 4 is 12.4 Å². The summed E-state index contributed by atoms with van der Waals surface area (Å²) in [5.74, 6) is 0.590. The van der Waals surface area contributed by atoms with Gasteiger partial charge >= 0.3 is 0 Å². The molecule has 0 saturated heterocycles. The van der Waals surface area contributed by atoms with Gasteiger partial charge in [-0.15, -0.1) is 12.4 Å². The minimum absolute atomic E-state index is 0. The molecule has 0 radical (unpaired) electrons. The molecule has 0 aliphatic rings. The molecule has 0 fully saturated rings. The molecule has 0 aliphatic heterocycles. The summed E-state index contributed by atoms with van der Waals surface area (Å²) in [5, 5.41) is 9.94. The average molecular weight is 295 g/mol. The fraction of sp³-hybridized carbons (Fsp3) is 0.250. The first-order chi connectivity index (χ1) is 9.69. The quantitative estimate of drug-likeness (QED) is 0.861. The zero-order valence-electron chi connectivity index (χ0n) is 12.2. The molecule has 0 aromatic heterocycles. The summed E-state index contributed by atoms with van der Waals surface area (Å²) in [7, 11) is 0. The minimum Gasteiger partial charge on any atom is -0.489 e. The highest BCUT2D eigenvalue weighted by Crippen LogP contribution is 2.21. The van der Waals surface area contributed by atoms with Gasteiger partial charge in [-0.05, 0) is 36.2 Å². The summed E-state index contributed by atoms with van der Waals surface area (Å²) >= 11 is 0. The number of aliphatic hydroxyl groups excluding tert-OH is 1. The van der Waals surface area contributed by atoms with Crippen LogP contribution >= 0.6 is 12.4 Å². The van der Waals surface area contributed by atoms with Gasteiger partial charge in [-0.3, -0.25) is 0 Å². The lowest BCUT2D eigenvalue weighted by molar-refractivity contribution is 0.169. The minimum atomic E-state index is -0.649. The highest BCUT2D eigenvalue weighted by Gasteiger charge is 2.07. The normalized spacial score (nSPS) is 12.2. The number of benzene rings is 2. The van der Waals surface area contributed by atoms with Crippen LogP contribution in [0.5, 0.6) is 5.75 Å². The summed E-state index contributed by atoms with van der Waals surface area (Å²) in [6.07, 6.45) is -0.175. The van der Waals surface area contributed by atoms with Crippen LogP contribution < -0.4 is 10.5 Å². The number of hydrogen-bond donors (Lipinski definition) is 2. The molecule has 3 nitrogen and oxygen atoms in total. The van der Waals surface area contributed by atoms with E-state index in [-0.39, 0.29) is 12.4 Å². The van der Waals surface area contributed by atoms with Crippen LogP contribution in [0, 0.1) is 0 Å². The van der Waals surface area contributed by atoms with Gasteiger partial charge < -0.3 is 15.6 Å². The van der Waals surface area contributed by atoms with Crippen LogP contribution in [-0.4, -0.2) is 11.7 Å². The smallest absolute Gasteiger partial charge is 0.120 e. The van der Waals surface area contributed by atoms with Crippen molar-refractivity contribution in [1.82, 2.24) is 0 Å². The van der Waals surface area contributed by atoms with Crippen molar-refractivity contribution in [3.63, 3.8) is 0 Å². The highest BCUT2D eigenvalue weighted by molar-refractivity contribution is 5.85. The second-order valence-corrected chi connectivity index (χ2v) is 4.37. The predicted molar refractivity (Wildman–Crippen MR) is 83.1 cm³/mol. The fourth-order valence-corrected chi connectivity index (χ4v) is 1.81. The van der Waals surface area contributed by atoms with Gasteiger partial charge in [0, 0.05) is 0 Å². The van der Waals surface area contributed by atoms with Gasteiger partial charge in [0.2, 0.25) is 0 Å². The number of halogens is 1. The fourth-order valence-electron chi connectivity index (χ4n) is 1.81. The van der Waals surface area contributed by atoms with E-state index in [1.165, 1.54) is 0 Å². The van der Waals surface area contributed by atoms with E-state index in [1.807, 2.05) is 30.3 Å². The lowest BCUT2D eigenvalue weighted by Crippen LogP contribution is -2.06. The highest BCUT2D eigenvalue weighted by atomic mass is 35.5. The molecule has 2 rings (SSSR count). The first-order valence-corrected chi connectivity index (χ1v) is 6.35. The Morgan fingerprint density at radius 3 is 2.65 bits per heavy atom. The molecule has 0 saturated carbocycles. The zero-order valence-corrected chi connectivity index (χ0v) is 12.0. The van der Waals surface area contributed by atoms with Crippen LogP contribution in [0.1, 0.15) is 25.0 Å². The van der Waals surface area contributed by atoms with Crippen molar-refractivity contribution in [2.75, 3.05) is 6.54 Å². The zero-order chi connectivity index (χ0) is 14.4. The number of aliphatic hydroxyl groups is 1. The molecule has 1 unspecified atom stereocenters. The maximum Gasteiger partial charge on any atom is 0.120 e. The molecule has 108 valence electrons. The SMILES string of the molecule is Cl.[2H]c1cc(OCc2ccccc2)cc(C(O)CCN)c1. The maximum atomic E-state index is 9.94.